The topological polar surface area (TPSA) is 29.5 Å². The molecule has 0 bridgehead atoms. The minimum Gasteiger partial charge on any atom is -0.496 e. The van der Waals surface area contributed by atoms with E-state index in [0.717, 1.165) is 43.4 Å². The molecule has 96 valence electrons. The molecule has 0 aliphatic heterocycles. The van der Waals surface area contributed by atoms with Gasteiger partial charge in [-0.1, -0.05) is 37.5 Å². The van der Waals surface area contributed by atoms with Gasteiger partial charge in [0.1, 0.15) is 5.75 Å². The second kappa shape index (κ2) is 6.27. The van der Waals surface area contributed by atoms with E-state index in [2.05, 4.69) is 0 Å². The van der Waals surface area contributed by atoms with Crippen molar-refractivity contribution >= 4 is 12.4 Å². The van der Waals surface area contributed by atoms with Gasteiger partial charge in [-0.15, -0.1) is 12.4 Å². The van der Waals surface area contributed by atoms with E-state index >= 15 is 0 Å². The molecule has 3 heteroatoms. The Morgan fingerprint density at radius 1 is 1.18 bits per heavy atom. The predicted molar refractivity (Wildman–Crippen MR) is 72.0 cm³/mol. The minimum absolute atomic E-state index is 0. The zero-order chi connectivity index (χ0) is 11.4. The second-order valence-electron chi connectivity index (χ2n) is 4.77. The van der Waals surface area contributed by atoms with Gasteiger partial charge in [0.25, 0.3) is 0 Å². The van der Waals surface area contributed by atoms with Crippen molar-refractivity contribution in [1.29, 1.82) is 0 Å². The predicted octanol–water partition coefficient (Wildman–Crippen LogP) is 3.35. The summed E-state index contributed by atoms with van der Waals surface area (Å²) in [6, 6.07) is 7.98. The fourth-order valence-electron chi connectivity index (χ4n) is 2.59. The third kappa shape index (κ3) is 3.62. The standard InChI is InChI=1S/C14H20O2.ClH/c1-16-13-8-4-3-7-12(13)11-14(15)9-5-2-6-10-14;/h3-4,7-8,15H,2,5-6,9-11H2,1H3;1H. The molecule has 1 aliphatic rings. The number of hydrogen-bond donors (Lipinski definition) is 1. The first-order chi connectivity index (χ1) is 7.73. The molecule has 17 heavy (non-hydrogen) atoms. The third-order valence-electron chi connectivity index (χ3n) is 3.50. The van der Waals surface area contributed by atoms with Gasteiger partial charge in [-0.2, -0.15) is 0 Å². The summed E-state index contributed by atoms with van der Waals surface area (Å²) < 4.78 is 5.32. The molecular weight excluding hydrogens is 236 g/mol. The number of hydrogen-bond acceptors (Lipinski definition) is 2. The normalized spacial score (nSPS) is 18.2. The third-order valence-corrected chi connectivity index (χ3v) is 3.50. The minimum atomic E-state index is -0.507. The van der Waals surface area contributed by atoms with Gasteiger partial charge >= 0.3 is 0 Å². The molecule has 0 spiro atoms. The van der Waals surface area contributed by atoms with Crippen LogP contribution >= 0.6 is 12.4 Å². The van der Waals surface area contributed by atoms with Gasteiger partial charge in [0, 0.05) is 6.42 Å². The van der Waals surface area contributed by atoms with Crippen molar-refractivity contribution in [3.05, 3.63) is 29.8 Å². The number of halogens is 1. The van der Waals surface area contributed by atoms with Crippen molar-refractivity contribution < 1.29 is 9.84 Å². The average Bonchev–Trinajstić information content (AvgIpc) is 2.30. The molecule has 0 atom stereocenters. The average molecular weight is 257 g/mol. The molecule has 1 fully saturated rings. The lowest BCUT2D eigenvalue weighted by atomic mass is 9.80. The SMILES string of the molecule is COc1ccccc1CC1(O)CCCCC1.Cl. The van der Waals surface area contributed by atoms with E-state index in [4.69, 9.17) is 4.74 Å². The lowest BCUT2D eigenvalue weighted by molar-refractivity contribution is 0.00405. The van der Waals surface area contributed by atoms with E-state index in [1.54, 1.807) is 7.11 Å². The van der Waals surface area contributed by atoms with E-state index < -0.39 is 5.60 Å². The van der Waals surface area contributed by atoms with E-state index in [9.17, 15) is 5.11 Å². The van der Waals surface area contributed by atoms with Crippen LogP contribution in [0.25, 0.3) is 0 Å². The molecule has 1 aliphatic carbocycles. The summed E-state index contributed by atoms with van der Waals surface area (Å²) in [7, 11) is 1.68. The lowest BCUT2D eigenvalue weighted by Crippen LogP contribution is -2.33. The Kier molecular flexibility index (Phi) is 5.29. The summed E-state index contributed by atoms with van der Waals surface area (Å²) in [5.74, 6) is 0.890. The van der Waals surface area contributed by atoms with Crippen molar-refractivity contribution in [2.24, 2.45) is 0 Å². The van der Waals surface area contributed by atoms with Crippen LogP contribution in [0.4, 0.5) is 0 Å². The zero-order valence-electron chi connectivity index (χ0n) is 10.3. The molecule has 1 saturated carbocycles. The zero-order valence-corrected chi connectivity index (χ0v) is 11.1. The Balaban J connectivity index is 0.00000144. The fourth-order valence-corrected chi connectivity index (χ4v) is 2.59. The molecule has 1 N–H and O–H groups in total. The van der Waals surface area contributed by atoms with Crippen LogP contribution in [0, 0.1) is 0 Å². The molecular formula is C14H21ClO2. The molecule has 0 saturated heterocycles. The molecule has 2 nitrogen and oxygen atoms in total. The quantitative estimate of drug-likeness (QED) is 0.899. The number of methoxy groups -OCH3 is 1. The maximum atomic E-state index is 10.5. The Morgan fingerprint density at radius 2 is 1.82 bits per heavy atom. The number of rotatable bonds is 3. The van der Waals surface area contributed by atoms with Crippen LogP contribution in [-0.4, -0.2) is 17.8 Å². The van der Waals surface area contributed by atoms with E-state index in [1.807, 2.05) is 24.3 Å². The van der Waals surface area contributed by atoms with Gasteiger partial charge < -0.3 is 9.84 Å². The van der Waals surface area contributed by atoms with Crippen molar-refractivity contribution in [2.75, 3.05) is 7.11 Å². The van der Waals surface area contributed by atoms with Crippen molar-refractivity contribution in [3.63, 3.8) is 0 Å². The summed E-state index contributed by atoms with van der Waals surface area (Å²) in [4.78, 5) is 0. The van der Waals surface area contributed by atoms with Crippen LogP contribution in [0.2, 0.25) is 0 Å². The molecule has 0 amide bonds. The smallest absolute Gasteiger partial charge is 0.122 e. The Bertz CT molecular complexity index is 346. The van der Waals surface area contributed by atoms with Gasteiger partial charge in [0.15, 0.2) is 0 Å². The first-order valence-corrected chi connectivity index (χ1v) is 6.08. The first kappa shape index (κ1) is 14.3. The summed E-state index contributed by atoms with van der Waals surface area (Å²) in [6.45, 7) is 0. The summed E-state index contributed by atoms with van der Waals surface area (Å²) in [5.41, 5.74) is 0.613. The number of para-hydroxylation sites is 1. The van der Waals surface area contributed by atoms with E-state index in [-0.39, 0.29) is 12.4 Å². The van der Waals surface area contributed by atoms with E-state index in [0.29, 0.717) is 0 Å². The maximum absolute atomic E-state index is 10.5. The second-order valence-corrected chi connectivity index (χ2v) is 4.77. The summed E-state index contributed by atoms with van der Waals surface area (Å²) in [6.07, 6.45) is 6.11. The van der Waals surface area contributed by atoms with Gasteiger partial charge in [0.05, 0.1) is 12.7 Å². The maximum Gasteiger partial charge on any atom is 0.122 e. The molecule has 0 aromatic heterocycles. The van der Waals surface area contributed by atoms with Crippen molar-refractivity contribution in [3.8, 4) is 5.75 Å². The van der Waals surface area contributed by atoms with Crippen LogP contribution in [0.3, 0.4) is 0 Å². The van der Waals surface area contributed by atoms with Crippen molar-refractivity contribution in [1.82, 2.24) is 0 Å². The van der Waals surface area contributed by atoms with Gasteiger partial charge in [-0.05, 0) is 24.5 Å². The first-order valence-electron chi connectivity index (χ1n) is 6.08. The highest BCUT2D eigenvalue weighted by molar-refractivity contribution is 5.85. The Labute approximate surface area is 109 Å². The molecule has 0 radical (unpaired) electrons. The van der Waals surface area contributed by atoms with Crippen LogP contribution < -0.4 is 4.74 Å². The van der Waals surface area contributed by atoms with Crippen LogP contribution in [0.15, 0.2) is 24.3 Å². The largest absolute Gasteiger partial charge is 0.496 e. The highest BCUT2D eigenvalue weighted by Crippen LogP contribution is 2.33. The highest BCUT2D eigenvalue weighted by atomic mass is 35.5. The molecule has 1 aromatic carbocycles. The van der Waals surface area contributed by atoms with Crippen LogP contribution in [0.5, 0.6) is 5.75 Å². The van der Waals surface area contributed by atoms with Gasteiger partial charge in [-0.25, -0.2) is 0 Å². The lowest BCUT2D eigenvalue weighted by Gasteiger charge is -2.32. The van der Waals surface area contributed by atoms with Gasteiger partial charge in [-0.3, -0.25) is 0 Å². The molecule has 2 rings (SSSR count). The molecule has 0 unspecified atom stereocenters. The number of benzene rings is 1. The Morgan fingerprint density at radius 3 is 2.47 bits per heavy atom. The van der Waals surface area contributed by atoms with Crippen LogP contribution in [0.1, 0.15) is 37.7 Å². The monoisotopic (exact) mass is 256 g/mol. The summed E-state index contributed by atoms with van der Waals surface area (Å²) in [5, 5.41) is 10.5. The Hall–Kier alpha value is -0.730. The number of ether oxygens (including phenoxy) is 1. The fraction of sp³-hybridized carbons (Fsp3) is 0.571. The molecule has 1 aromatic rings. The summed E-state index contributed by atoms with van der Waals surface area (Å²) >= 11 is 0. The van der Waals surface area contributed by atoms with Gasteiger partial charge in [0.2, 0.25) is 0 Å². The van der Waals surface area contributed by atoms with Crippen LogP contribution in [-0.2, 0) is 6.42 Å². The number of aliphatic hydroxyl groups is 1. The van der Waals surface area contributed by atoms with Crippen molar-refractivity contribution in [2.45, 2.75) is 44.1 Å². The molecule has 0 heterocycles. The highest BCUT2D eigenvalue weighted by Gasteiger charge is 2.30. The van der Waals surface area contributed by atoms with E-state index in [1.165, 1.54) is 6.42 Å².